The molecular formula is C13H21N5O2. The summed E-state index contributed by atoms with van der Waals surface area (Å²) in [5.74, 6) is 5.35. The quantitative estimate of drug-likeness (QED) is 0.475. The van der Waals surface area contributed by atoms with Crippen LogP contribution in [-0.4, -0.2) is 47.9 Å². The van der Waals surface area contributed by atoms with Crippen LogP contribution in [0.1, 0.15) is 12.0 Å². The normalized spacial score (nSPS) is 19.5. The molecule has 0 aromatic heterocycles. The SMILES string of the molecule is CN(C)C1CCN(Cc2ccc([N+](=O)[O-])c(NN)c2)C1. The number of rotatable bonds is 5. The summed E-state index contributed by atoms with van der Waals surface area (Å²) in [6, 6.07) is 5.63. The topological polar surface area (TPSA) is 87.7 Å². The van der Waals surface area contributed by atoms with Crippen LogP contribution in [0.25, 0.3) is 0 Å². The number of hydrogen-bond donors (Lipinski definition) is 2. The van der Waals surface area contributed by atoms with Crippen LogP contribution in [0.15, 0.2) is 18.2 Å². The van der Waals surface area contributed by atoms with E-state index in [0.29, 0.717) is 11.7 Å². The van der Waals surface area contributed by atoms with Crippen molar-refractivity contribution in [2.75, 3.05) is 32.6 Å². The van der Waals surface area contributed by atoms with Gasteiger partial charge in [-0.1, -0.05) is 6.07 Å². The Morgan fingerprint density at radius 2 is 2.30 bits per heavy atom. The molecule has 7 nitrogen and oxygen atoms in total. The van der Waals surface area contributed by atoms with Crippen LogP contribution in [0.2, 0.25) is 0 Å². The lowest BCUT2D eigenvalue weighted by molar-refractivity contribution is -0.384. The molecule has 1 aromatic carbocycles. The van der Waals surface area contributed by atoms with E-state index in [9.17, 15) is 10.1 Å². The number of nitrogens with one attached hydrogen (secondary N) is 1. The predicted molar refractivity (Wildman–Crippen MR) is 78.3 cm³/mol. The number of benzene rings is 1. The van der Waals surface area contributed by atoms with Gasteiger partial charge in [-0.25, -0.2) is 0 Å². The maximum absolute atomic E-state index is 10.8. The molecule has 0 saturated carbocycles. The Morgan fingerprint density at radius 1 is 1.55 bits per heavy atom. The van der Waals surface area contributed by atoms with Gasteiger partial charge in [0.05, 0.1) is 4.92 Å². The highest BCUT2D eigenvalue weighted by atomic mass is 16.6. The summed E-state index contributed by atoms with van der Waals surface area (Å²) in [5, 5.41) is 10.8. The van der Waals surface area contributed by atoms with Gasteiger partial charge in [-0.3, -0.25) is 20.9 Å². The first-order valence-corrected chi connectivity index (χ1v) is 6.64. The van der Waals surface area contributed by atoms with Crippen LogP contribution in [0.5, 0.6) is 0 Å². The second-order valence-electron chi connectivity index (χ2n) is 5.39. The molecule has 1 unspecified atom stereocenters. The van der Waals surface area contributed by atoms with E-state index in [4.69, 9.17) is 5.84 Å². The Labute approximate surface area is 118 Å². The van der Waals surface area contributed by atoms with Crippen molar-refractivity contribution < 1.29 is 4.92 Å². The van der Waals surface area contributed by atoms with Gasteiger partial charge in [-0.15, -0.1) is 0 Å². The Hall–Kier alpha value is -1.70. The second-order valence-corrected chi connectivity index (χ2v) is 5.39. The van der Waals surface area contributed by atoms with Crippen LogP contribution in [-0.2, 0) is 6.54 Å². The van der Waals surface area contributed by atoms with E-state index in [1.165, 1.54) is 6.07 Å². The van der Waals surface area contributed by atoms with Crippen LogP contribution in [0, 0.1) is 10.1 Å². The molecule has 1 fully saturated rings. The van der Waals surface area contributed by atoms with E-state index in [1.54, 1.807) is 12.1 Å². The molecule has 1 aliphatic rings. The fourth-order valence-electron chi connectivity index (χ4n) is 2.59. The van der Waals surface area contributed by atoms with Gasteiger partial charge in [-0.2, -0.15) is 0 Å². The van der Waals surface area contributed by atoms with Gasteiger partial charge in [0, 0.05) is 31.7 Å². The van der Waals surface area contributed by atoms with Crippen molar-refractivity contribution in [2.24, 2.45) is 5.84 Å². The Bertz CT molecular complexity index is 492. The number of nitro benzene ring substituents is 1. The Balaban J connectivity index is 2.05. The summed E-state index contributed by atoms with van der Waals surface area (Å²) < 4.78 is 0. The lowest BCUT2D eigenvalue weighted by Crippen LogP contribution is -2.31. The second kappa shape index (κ2) is 6.17. The van der Waals surface area contributed by atoms with Crippen molar-refractivity contribution in [3.8, 4) is 0 Å². The molecule has 1 aliphatic heterocycles. The van der Waals surface area contributed by atoms with Crippen molar-refractivity contribution in [2.45, 2.75) is 19.0 Å². The molecule has 0 radical (unpaired) electrons. The first-order valence-electron chi connectivity index (χ1n) is 6.64. The monoisotopic (exact) mass is 279 g/mol. The van der Waals surface area contributed by atoms with Gasteiger partial charge < -0.3 is 10.3 Å². The minimum absolute atomic E-state index is 0.00356. The largest absolute Gasteiger partial charge is 0.318 e. The van der Waals surface area contributed by atoms with E-state index in [1.807, 2.05) is 0 Å². The van der Waals surface area contributed by atoms with Gasteiger partial charge in [-0.05, 0) is 32.1 Å². The standard InChI is InChI=1S/C13H21N5O2/c1-16(2)11-5-6-17(9-11)8-10-3-4-13(18(19)20)12(7-10)15-14/h3-4,7,11,15H,5-6,8-9,14H2,1-2H3. The third-order valence-electron chi connectivity index (χ3n) is 3.80. The van der Waals surface area contributed by atoms with Crippen molar-refractivity contribution in [3.63, 3.8) is 0 Å². The van der Waals surface area contributed by atoms with E-state index < -0.39 is 4.92 Å². The number of likely N-dealkylation sites (tertiary alicyclic amines) is 1. The summed E-state index contributed by atoms with van der Waals surface area (Å²) >= 11 is 0. The van der Waals surface area contributed by atoms with E-state index >= 15 is 0 Å². The summed E-state index contributed by atoms with van der Waals surface area (Å²) in [6.07, 6.45) is 1.15. The average Bonchev–Trinajstić information content (AvgIpc) is 2.87. The summed E-state index contributed by atoms with van der Waals surface area (Å²) in [5.41, 5.74) is 3.79. The number of nitrogen functional groups attached to an aromatic ring is 1. The highest BCUT2D eigenvalue weighted by molar-refractivity contribution is 5.62. The first-order chi connectivity index (χ1) is 9.51. The molecule has 2 rings (SSSR count). The Morgan fingerprint density at radius 3 is 2.85 bits per heavy atom. The van der Waals surface area contributed by atoms with Crippen molar-refractivity contribution in [1.82, 2.24) is 9.80 Å². The van der Waals surface area contributed by atoms with Crippen LogP contribution in [0.3, 0.4) is 0 Å². The van der Waals surface area contributed by atoms with Crippen molar-refractivity contribution in [1.29, 1.82) is 0 Å². The lowest BCUT2D eigenvalue weighted by atomic mass is 10.1. The fourth-order valence-corrected chi connectivity index (χ4v) is 2.59. The van der Waals surface area contributed by atoms with Crippen LogP contribution < -0.4 is 11.3 Å². The van der Waals surface area contributed by atoms with E-state index in [0.717, 1.165) is 31.6 Å². The highest BCUT2D eigenvalue weighted by Gasteiger charge is 2.24. The van der Waals surface area contributed by atoms with Gasteiger partial charge in [0.1, 0.15) is 5.69 Å². The molecule has 1 aromatic rings. The molecule has 1 atom stereocenters. The number of likely N-dealkylation sites (N-methyl/N-ethyl adjacent to an activating group) is 1. The van der Waals surface area contributed by atoms with Crippen molar-refractivity contribution >= 4 is 11.4 Å². The summed E-state index contributed by atoms with van der Waals surface area (Å²) in [7, 11) is 4.19. The Kier molecular flexibility index (Phi) is 4.53. The molecule has 1 saturated heterocycles. The summed E-state index contributed by atoms with van der Waals surface area (Å²) in [6.45, 7) is 2.86. The van der Waals surface area contributed by atoms with Gasteiger partial charge >= 0.3 is 0 Å². The average molecular weight is 279 g/mol. The maximum atomic E-state index is 10.8. The molecule has 0 amide bonds. The number of hydrazine groups is 1. The van der Waals surface area contributed by atoms with E-state index in [2.05, 4.69) is 29.3 Å². The number of nitrogens with zero attached hydrogens (tertiary/aromatic N) is 3. The number of nitro groups is 1. The third kappa shape index (κ3) is 3.24. The van der Waals surface area contributed by atoms with Gasteiger partial charge in [0.15, 0.2) is 0 Å². The highest BCUT2D eigenvalue weighted by Crippen LogP contribution is 2.26. The number of nitrogens with two attached hydrogens (primary N) is 1. The number of hydrogen-bond acceptors (Lipinski definition) is 6. The van der Waals surface area contributed by atoms with Gasteiger partial charge in [0.2, 0.25) is 0 Å². The molecule has 110 valence electrons. The minimum atomic E-state index is -0.434. The fraction of sp³-hybridized carbons (Fsp3) is 0.538. The zero-order valence-corrected chi connectivity index (χ0v) is 11.9. The molecular weight excluding hydrogens is 258 g/mol. The minimum Gasteiger partial charge on any atom is -0.318 e. The third-order valence-corrected chi connectivity index (χ3v) is 3.80. The smallest absolute Gasteiger partial charge is 0.293 e. The molecule has 1 heterocycles. The van der Waals surface area contributed by atoms with Crippen LogP contribution in [0.4, 0.5) is 11.4 Å². The number of anilines is 1. The molecule has 0 aliphatic carbocycles. The van der Waals surface area contributed by atoms with Crippen molar-refractivity contribution in [3.05, 3.63) is 33.9 Å². The molecule has 0 spiro atoms. The molecule has 20 heavy (non-hydrogen) atoms. The lowest BCUT2D eigenvalue weighted by Gasteiger charge is -2.20. The zero-order valence-electron chi connectivity index (χ0n) is 11.9. The maximum Gasteiger partial charge on any atom is 0.293 e. The van der Waals surface area contributed by atoms with E-state index in [-0.39, 0.29) is 5.69 Å². The zero-order chi connectivity index (χ0) is 14.7. The first kappa shape index (κ1) is 14.7. The van der Waals surface area contributed by atoms with Crippen LogP contribution >= 0.6 is 0 Å². The molecule has 3 N–H and O–H groups in total. The summed E-state index contributed by atoms with van der Waals surface area (Å²) in [4.78, 5) is 15.0. The molecule has 7 heteroatoms. The molecule has 0 bridgehead atoms. The predicted octanol–water partition coefficient (Wildman–Crippen LogP) is 1.02. The van der Waals surface area contributed by atoms with Gasteiger partial charge in [0.25, 0.3) is 5.69 Å².